The van der Waals surface area contributed by atoms with Crippen LogP contribution in [0.4, 0.5) is 11.6 Å². The number of phenolic OH excluding ortho intramolecular Hbond substituents is 2. The van der Waals surface area contributed by atoms with E-state index in [1.165, 1.54) is 6.07 Å². The number of benzene rings is 4. The maximum Gasteiger partial charge on any atom is 0.151 e. The summed E-state index contributed by atoms with van der Waals surface area (Å²) in [6.07, 6.45) is 7.18. The van der Waals surface area contributed by atoms with Crippen LogP contribution in [0, 0.1) is 0 Å². The van der Waals surface area contributed by atoms with E-state index >= 15 is 0 Å². The molecule has 288 valence electrons. The van der Waals surface area contributed by atoms with Crippen molar-refractivity contribution < 1.29 is 15.0 Å². The van der Waals surface area contributed by atoms with Gasteiger partial charge in [-0.05, 0) is 78.4 Å². The molecule has 1 atom stereocenters. The van der Waals surface area contributed by atoms with Gasteiger partial charge < -0.3 is 21.3 Å². The zero-order valence-electron chi connectivity index (χ0n) is 29.4. The fraction of sp³-hybridized carbons (Fsp3) is 0.0238. The normalized spacial score (nSPS) is 10.8. The number of phenols is 2. The predicted octanol–water partition coefficient (Wildman–Crippen LogP) is 12.6. The van der Waals surface area contributed by atoms with Crippen LogP contribution in [0.25, 0.3) is 21.8 Å². The molecule has 8 rings (SSSR count). The summed E-state index contributed by atoms with van der Waals surface area (Å²) in [6.45, 7) is 0. The predicted molar refractivity (Wildman–Crippen MR) is 233 cm³/mol. The van der Waals surface area contributed by atoms with Gasteiger partial charge in [0.05, 0.1) is 21.1 Å². The Morgan fingerprint density at radius 2 is 1.23 bits per heavy atom. The van der Waals surface area contributed by atoms with Gasteiger partial charge in [-0.1, -0.05) is 112 Å². The number of hydrogen-bond donors (Lipinski definition) is 4. The largest absolute Gasteiger partial charge is 0.506 e. The number of anilines is 2. The highest BCUT2D eigenvalue weighted by molar-refractivity contribution is 6.42. The summed E-state index contributed by atoms with van der Waals surface area (Å²) >= 11 is 35.1. The van der Waals surface area contributed by atoms with Crippen molar-refractivity contribution in [3.8, 4) is 11.5 Å². The Hall–Kier alpha value is -5.39. The number of aromatic hydroxyl groups is 2. The molecule has 1 unspecified atom stereocenters. The topological polar surface area (TPSA) is 147 Å². The van der Waals surface area contributed by atoms with Crippen LogP contribution in [0.15, 0.2) is 140 Å². The van der Waals surface area contributed by atoms with Crippen LogP contribution < -0.4 is 11.1 Å². The molecule has 15 heteroatoms. The van der Waals surface area contributed by atoms with Crippen molar-refractivity contribution in [2.45, 2.75) is 6.04 Å². The molecule has 4 heterocycles. The third-order valence-electron chi connectivity index (χ3n) is 7.83. The molecule has 0 bridgehead atoms. The molecule has 0 saturated heterocycles. The lowest BCUT2D eigenvalue weighted by molar-refractivity contribution is 0.112. The second kappa shape index (κ2) is 20.7. The molecular formula is C42H30Cl6N6O3. The van der Waals surface area contributed by atoms with E-state index in [0.29, 0.717) is 70.2 Å². The average molecular weight is 879 g/mol. The zero-order chi connectivity index (χ0) is 40.9. The number of carbonyl (C=O) groups excluding carboxylic acids is 1. The van der Waals surface area contributed by atoms with Crippen LogP contribution in [0.1, 0.15) is 27.5 Å². The number of rotatable bonds is 5. The number of aldehydes is 1. The summed E-state index contributed by atoms with van der Waals surface area (Å²) < 4.78 is 0. The molecule has 8 aromatic rings. The molecule has 0 amide bonds. The van der Waals surface area contributed by atoms with Crippen molar-refractivity contribution in [2.75, 3.05) is 11.1 Å². The van der Waals surface area contributed by atoms with Gasteiger partial charge >= 0.3 is 0 Å². The number of hydrogen-bond acceptors (Lipinski definition) is 9. The van der Waals surface area contributed by atoms with E-state index in [-0.39, 0.29) is 11.5 Å². The van der Waals surface area contributed by atoms with E-state index in [4.69, 9.17) is 75.3 Å². The van der Waals surface area contributed by atoms with Crippen LogP contribution >= 0.6 is 69.6 Å². The molecule has 57 heavy (non-hydrogen) atoms. The summed E-state index contributed by atoms with van der Waals surface area (Å²) in [6, 6.07) is 32.9. The van der Waals surface area contributed by atoms with Gasteiger partial charge in [-0.3, -0.25) is 14.8 Å². The smallest absolute Gasteiger partial charge is 0.151 e. The van der Waals surface area contributed by atoms with Gasteiger partial charge in [0, 0.05) is 61.8 Å². The molecule has 0 radical (unpaired) electrons. The maximum atomic E-state index is 10.9. The minimum absolute atomic E-state index is 0.0868. The lowest BCUT2D eigenvalue weighted by Crippen LogP contribution is -2.14. The highest BCUT2D eigenvalue weighted by atomic mass is 35.5. The number of carbonyl (C=O) groups is 1. The minimum Gasteiger partial charge on any atom is -0.506 e. The minimum atomic E-state index is -0.452. The lowest BCUT2D eigenvalue weighted by Gasteiger charge is -2.22. The van der Waals surface area contributed by atoms with E-state index in [0.717, 1.165) is 16.3 Å². The zero-order valence-corrected chi connectivity index (χ0v) is 33.9. The molecule has 4 aromatic carbocycles. The first-order valence-electron chi connectivity index (χ1n) is 16.6. The van der Waals surface area contributed by atoms with Crippen LogP contribution in [0.2, 0.25) is 30.1 Å². The van der Waals surface area contributed by atoms with Crippen LogP contribution in [-0.2, 0) is 0 Å². The quantitative estimate of drug-likeness (QED) is 0.124. The Balaban J connectivity index is 0.000000173. The summed E-state index contributed by atoms with van der Waals surface area (Å²) in [4.78, 5) is 26.6. The number of nitrogen functional groups attached to an aromatic ring is 1. The first kappa shape index (κ1) is 42.7. The van der Waals surface area contributed by atoms with Crippen molar-refractivity contribution in [1.82, 2.24) is 19.9 Å². The van der Waals surface area contributed by atoms with Crippen molar-refractivity contribution in [3.05, 3.63) is 187 Å². The molecule has 5 N–H and O–H groups in total. The third kappa shape index (κ3) is 12.1. The van der Waals surface area contributed by atoms with Gasteiger partial charge in [0.15, 0.2) is 6.29 Å². The molecule has 0 saturated carbocycles. The summed E-state index contributed by atoms with van der Waals surface area (Å²) in [5.41, 5.74) is 8.35. The number of nitrogens with one attached hydrogen (secondary N) is 1. The summed E-state index contributed by atoms with van der Waals surface area (Å²) in [5.74, 6) is 1.34. The summed E-state index contributed by atoms with van der Waals surface area (Å²) in [5, 5.41) is 28.3. The standard InChI is InChI=1S/C21H14Cl3N3O.C9H7NO.C7H4Cl2O.C5H5ClN2/c22-14-7-9-25-18(11-14)27-19(13-4-6-16(23)17(24)10-13)15-5-3-12-2-1-8-26-20(12)21(15)28;11-8-5-1-3-7-4-2-6-10-9(7)8;8-6-2-1-5(4-10)7(9)3-6;6-4-1-2-8-5(7)3-4/h1-11,19,28H,(H,25,27);1-6,11H;1-4H;1-3H,(H2,7,8). The Labute approximate surface area is 357 Å². The highest BCUT2D eigenvalue weighted by Gasteiger charge is 2.21. The Morgan fingerprint density at radius 1 is 0.579 bits per heavy atom. The van der Waals surface area contributed by atoms with Crippen molar-refractivity contribution in [3.63, 3.8) is 0 Å². The number of aromatic nitrogens is 4. The molecule has 0 fully saturated rings. The van der Waals surface area contributed by atoms with Crippen LogP contribution in [0.5, 0.6) is 11.5 Å². The highest BCUT2D eigenvalue weighted by Crippen LogP contribution is 2.38. The fourth-order valence-electron chi connectivity index (χ4n) is 5.15. The molecule has 0 spiro atoms. The Kier molecular flexibility index (Phi) is 15.5. The van der Waals surface area contributed by atoms with Crippen molar-refractivity contribution >= 4 is 109 Å². The van der Waals surface area contributed by atoms with E-state index in [1.807, 2.05) is 48.5 Å². The van der Waals surface area contributed by atoms with Crippen LogP contribution in [0.3, 0.4) is 0 Å². The van der Waals surface area contributed by atoms with E-state index < -0.39 is 6.04 Å². The van der Waals surface area contributed by atoms with Crippen molar-refractivity contribution in [2.24, 2.45) is 0 Å². The number of halogens is 6. The second-order valence-corrected chi connectivity index (χ2v) is 14.3. The summed E-state index contributed by atoms with van der Waals surface area (Å²) in [7, 11) is 0. The van der Waals surface area contributed by atoms with Crippen LogP contribution in [-0.4, -0.2) is 36.4 Å². The second-order valence-electron chi connectivity index (χ2n) is 11.7. The molecule has 0 aliphatic heterocycles. The third-order valence-corrected chi connectivity index (χ3v) is 9.60. The van der Waals surface area contributed by atoms with Gasteiger partial charge in [0.1, 0.15) is 34.2 Å². The molecule has 4 aromatic heterocycles. The van der Waals surface area contributed by atoms with Crippen molar-refractivity contribution in [1.29, 1.82) is 0 Å². The number of nitrogens with two attached hydrogens (primary N) is 1. The van der Waals surface area contributed by atoms with Gasteiger partial charge in [0.25, 0.3) is 0 Å². The van der Waals surface area contributed by atoms with E-state index in [9.17, 15) is 15.0 Å². The number of para-hydroxylation sites is 1. The monoisotopic (exact) mass is 876 g/mol. The number of pyridine rings is 4. The average Bonchev–Trinajstić information content (AvgIpc) is 3.20. The fourth-order valence-corrected chi connectivity index (χ4v) is 6.24. The molecular weight excluding hydrogens is 849 g/mol. The first-order valence-corrected chi connectivity index (χ1v) is 18.9. The van der Waals surface area contributed by atoms with Gasteiger partial charge in [0.2, 0.25) is 0 Å². The first-order chi connectivity index (χ1) is 27.4. The van der Waals surface area contributed by atoms with Gasteiger partial charge in [-0.15, -0.1) is 0 Å². The molecule has 0 aliphatic rings. The van der Waals surface area contributed by atoms with E-state index in [1.54, 1.807) is 85.5 Å². The Morgan fingerprint density at radius 3 is 1.84 bits per heavy atom. The SMILES string of the molecule is Nc1cc(Cl)ccn1.O=Cc1ccc(Cl)cc1Cl.Oc1c(C(Nc2cc(Cl)ccn2)c2ccc(Cl)c(Cl)c2)ccc2cccnc12.Oc1cccc2cccnc12. The number of nitrogens with zero attached hydrogens (tertiary/aromatic N) is 4. The maximum absolute atomic E-state index is 10.9. The van der Waals surface area contributed by atoms with Gasteiger partial charge in [-0.2, -0.15) is 0 Å². The number of fused-ring (bicyclic) bond motifs is 2. The van der Waals surface area contributed by atoms with E-state index in [2.05, 4.69) is 25.3 Å². The molecule has 0 aliphatic carbocycles. The lowest BCUT2D eigenvalue weighted by atomic mass is 9.96. The van der Waals surface area contributed by atoms with Gasteiger partial charge in [-0.25, -0.2) is 9.97 Å². The Bertz CT molecular complexity index is 2610. The molecule has 9 nitrogen and oxygen atoms in total.